The Morgan fingerprint density at radius 1 is 1.27 bits per heavy atom. The van der Waals surface area contributed by atoms with E-state index in [0.717, 1.165) is 47.3 Å². The third kappa shape index (κ3) is 4.39. The van der Waals surface area contributed by atoms with E-state index in [9.17, 15) is 4.79 Å². The molecule has 0 spiro atoms. The van der Waals surface area contributed by atoms with Crippen LogP contribution >= 0.6 is 11.3 Å². The molecule has 0 atom stereocenters. The lowest BCUT2D eigenvalue weighted by Gasteiger charge is -2.25. The lowest BCUT2D eigenvalue weighted by atomic mass is 10.2. The van der Waals surface area contributed by atoms with Gasteiger partial charge in [0.2, 0.25) is 0 Å². The monoisotopic (exact) mass is 425 g/mol. The zero-order chi connectivity index (χ0) is 20.9. The van der Waals surface area contributed by atoms with E-state index in [-0.39, 0.29) is 5.91 Å². The molecule has 7 nitrogen and oxygen atoms in total. The zero-order valence-electron chi connectivity index (χ0n) is 16.7. The first-order valence-electron chi connectivity index (χ1n) is 9.64. The van der Waals surface area contributed by atoms with Gasteiger partial charge in [-0.1, -0.05) is 24.0 Å². The molecule has 4 rings (SSSR count). The average Bonchev–Trinajstić information content (AvgIpc) is 3.21. The number of rotatable bonds is 7. The minimum absolute atomic E-state index is 0.221. The fourth-order valence-corrected chi connectivity index (χ4v) is 4.22. The molecule has 0 unspecified atom stereocenters. The van der Waals surface area contributed by atoms with Gasteiger partial charge in [0.25, 0.3) is 5.91 Å². The van der Waals surface area contributed by atoms with E-state index in [0.29, 0.717) is 23.7 Å². The van der Waals surface area contributed by atoms with Crippen LogP contribution in [0.3, 0.4) is 0 Å². The third-order valence-electron chi connectivity index (χ3n) is 4.70. The number of fused-ring (bicyclic) bond motifs is 1. The Balaban J connectivity index is 1.50. The van der Waals surface area contributed by atoms with Crippen molar-refractivity contribution >= 4 is 38.3 Å². The number of thiazole rings is 1. The van der Waals surface area contributed by atoms with Crippen molar-refractivity contribution < 1.29 is 19.0 Å². The van der Waals surface area contributed by atoms with Crippen LogP contribution in [0.25, 0.3) is 10.2 Å². The van der Waals surface area contributed by atoms with E-state index in [1.54, 1.807) is 42.7 Å². The summed E-state index contributed by atoms with van der Waals surface area (Å²) in [5.74, 6) is 0.842. The van der Waals surface area contributed by atoms with Gasteiger partial charge in [0.05, 0.1) is 30.5 Å². The Kier molecular flexibility index (Phi) is 6.15. The molecule has 1 aliphatic rings. The van der Waals surface area contributed by atoms with Gasteiger partial charge in [-0.05, 0) is 36.4 Å². The van der Waals surface area contributed by atoms with Crippen molar-refractivity contribution in [1.29, 1.82) is 0 Å². The lowest BCUT2D eigenvalue weighted by molar-refractivity contribution is 0.102. The second kappa shape index (κ2) is 9.15. The summed E-state index contributed by atoms with van der Waals surface area (Å²) in [5, 5.41) is 3.93. The number of amides is 1. The molecule has 1 saturated heterocycles. The summed E-state index contributed by atoms with van der Waals surface area (Å²) < 4.78 is 17.3. The van der Waals surface area contributed by atoms with Crippen LogP contribution in [-0.4, -0.2) is 50.9 Å². The van der Waals surface area contributed by atoms with E-state index >= 15 is 0 Å². The number of aromatic nitrogens is 1. The minimum Gasteiger partial charge on any atom is -0.493 e. The quantitative estimate of drug-likeness (QED) is 0.578. The molecule has 0 radical (unpaired) electrons. The second-order valence-corrected chi connectivity index (χ2v) is 7.71. The van der Waals surface area contributed by atoms with Crippen LogP contribution in [0, 0.1) is 0 Å². The molecule has 0 saturated carbocycles. The first kappa shape index (κ1) is 20.2. The van der Waals surface area contributed by atoms with Gasteiger partial charge in [-0.15, -0.1) is 0 Å². The average molecular weight is 426 g/mol. The van der Waals surface area contributed by atoms with Crippen molar-refractivity contribution in [1.82, 2.24) is 4.98 Å². The number of ether oxygens (including phenoxy) is 3. The van der Waals surface area contributed by atoms with E-state index in [2.05, 4.69) is 16.8 Å². The van der Waals surface area contributed by atoms with Crippen molar-refractivity contribution in [2.75, 3.05) is 50.2 Å². The van der Waals surface area contributed by atoms with E-state index in [1.165, 1.54) is 0 Å². The van der Waals surface area contributed by atoms with Gasteiger partial charge in [0.15, 0.2) is 16.6 Å². The highest BCUT2D eigenvalue weighted by molar-refractivity contribution is 7.22. The molecular formula is C22H23N3O4S. The number of morpholine rings is 1. The van der Waals surface area contributed by atoms with Gasteiger partial charge < -0.3 is 24.4 Å². The topological polar surface area (TPSA) is 72.9 Å². The summed E-state index contributed by atoms with van der Waals surface area (Å²) in [4.78, 5) is 19.7. The highest BCUT2D eigenvalue weighted by atomic mass is 32.1. The van der Waals surface area contributed by atoms with Gasteiger partial charge in [-0.2, -0.15) is 0 Å². The van der Waals surface area contributed by atoms with Crippen molar-refractivity contribution in [3.63, 3.8) is 0 Å². The molecular weight excluding hydrogens is 402 g/mol. The number of nitrogens with zero attached hydrogens (tertiary/aromatic N) is 2. The van der Waals surface area contributed by atoms with Gasteiger partial charge in [-0.3, -0.25) is 4.79 Å². The normalized spacial score (nSPS) is 13.8. The smallest absolute Gasteiger partial charge is 0.255 e. The molecule has 0 aliphatic carbocycles. The molecule has 2 heterocycles. The maximum Gasteiger partial charge on any atom is 0.255 e. The second-order valence-electron chi connectivity index (χ2n) is 6.70. The van der Waals surface area contributed by atoms with Crippen molar-refractivity contribution in [2.24, 2.45) is 0 Å². The molecule has 0 bridgehead atoms. The van der Waals surface area contributed by atoms with Crippen molar-refractivity contribution in [2.45, 2.75) is 0 Å². The van der Waals surface area contributed by atoms with E-state index in [1.807, 2.05) is 18.2 Å². The van der Waals surface area contributed by atoms with Crippen molar-refractivity contribution in [3.8, 4) is 11.5 Å². The largest absolute Gasteiger partial charge is 0.493 e. The Hall–Kier alpha value is -3.10. The number of hydrogen-bond donors (Lipinski definition) is 1. The van der Waals surface area contributed by atoms with Crippen LogP contribution in [-0.2, 0) is 4.74 Å². The highest BCUT2D eigenvalue weighted by Crippen LogP contribution is 2.32. The third-order valence-corrected chi connectivity index (χ3v) is 5.78. The molecule has 8 heteroatoms. The molecule has 1 aliphatic heterocycles. The fourth-order valence-electron chi connectivity index (χ4n) is 3.16. The Bertz CT molecular complexity index is 1060. The fraction of sp³-hybridized carbons (Fsp3) is 0.273. The summed E-state index contributed by atoms with van der Waals surface area (Å²) in [6.45, 7) is 7.13. The molecule has 3 aromatic rings. The Morgan fingerprint density at radius 3 is 2.87 bits per heavy atom. The minimum atomic E-state index is -0.221. The summed E-state index contributed by atoms with van der Waals surface area (Å²) >= 11 is 1.62. The van der Waals surface area contributed by atoms with Gasteiger partial charge >= 0.3 is 0 Å². The molecule has 1 fully saturated rings. The highest BCUT2D eigenvalue weighted by Gasteiger charge is 2.16. The summed E-state index contributed by atoms with van der Waals surface area (Å²) in [5.41, 5.74) is 2.12. The van der Waals surface area contributed by atoms with Crippen LogP contribution in [0.4, 0.5) is 10.8 Å². The summed E-state index contributed by atoms with van der Waals surface area (Å²) in [6.07, 6.45) is 1.65. The van der Waals surface area contributed by atoms with Crippen LogP contribution in [0.2, 0.25) is 0 Å². The number of methoxy groups -OCH3 is 1. The van der Waals surface area contributed by atoms with Crippen molar-refractivity contribution in [3.05, 3.63) is 54.6 Å². The van der Waals surface area contributed by atoms with E-state index < -0.39 is 0 Å². The first-order valence-corrected chi connectivity index (χ1v) is 10.5. The number of carbonyl (C=O) groups excluding carboxylic acids is 1. The SMILES string of the molecule is C=CCOc1ccc(C(=O)Nc2ccc3nc(N4CCOCC4)sc3c2)cc1OC. The molecule has 2 aromatic carbocycles. The standard InChI is InChI=1S/C22H23N3O4S/c1-3-10-29-18-7-4-15(13-19(18)27-2)21(26)23-16-5-6-17-20(14-16)30-22(24-17)25-8-11-28-12-9-25/h3-7,13-14H,1,8-12H2,2H3,(H,23,26). The van der Waals surface area contributed by atoms with Crippen LogP contribution in [0.5, 0.6) is 11.5 Å². The molecule has 30 heavy (non-hydrogen) atoms. The summed E-state index contributed by atoms with van der Waals surface area (Å²) in [7, 11) is 1.54. The molecule has 156 valence electrons. The molecule has 1 amide bonds. The number of carbonyl (C=O) groups is 1. The number of hydrogen-bond acceptors (Lipinski definition) is 7. The predicted molar refractivity (Wildman–Crippen MR) is 119 cm³/mol. The molecule has 1 aromatic heterocycles. The summed E-state index contributed by atoms with van der Waals surface area (Å²) in [6, 6.07) is 10.8. The predicted octanol–water partition coefficient (Wildman–Crippen LogP) is 3.96. The lowest BCUT2D eigenvalue weighted by Crippen LogP contribution is -2.36. The molecule has 1 N–H and O–H groups in total. The van der Waals surface area contributed by atoms with Crippen LogP contribution in [0.1, 0.15) is 10.4 Å². The first-order chi connectivity index (χ1) is 14.7. The zero-order valence-corrected chi connectivity index (χ0v) is 17.5. The maximum atomic E-state index is 12.7. The Labute approximate surface area is 178 Å². The number of nitrogens with one attached hydrogen (secondary N) is 1. The van der Waals surface area contributed by atoms with Gasteiger partial charge in [0.1, 0.15) is 6.61 Å². The van der Waals surface area contributed by atoms with Gasteiger partial charge in [-0.25, -0.2) is 4.98 Å². The van der Waals surface area contributed by atoms with Crippen LogP contribution in [0.15, 0.2) is 49.1 Å². The Morgan fingerprint density at radius 2 is 2.10 bits per heavy atom. The number of anilines is 2. The van der Waals surface area contributed by atoms with Crippen LogP contribution < -0.4 is 19.7 Å². The number of benzene rings is 2. The maximum absolute atomic E-state index is 12.7. The van der Waals surface area contributed by atoms with Gasteiger partial charge in [0, 0.05) is 24.3 Å². The van der Waals surface area contributed by atoms with E-state index in [4.69, 9.17) is 19.2 Å².